The van der Waals surface area contributed by atoms with E-state index in [0.717, 1.165) is 6.07 Å². The van der Waals surface area contributed by atoms with Crippen molar-refractivity contribution < 1.29 is 74.4 Å². The molecule has 1 aliphatic heterocycles. The number of aromatic carboxylic acids is 2. The fraction of sp³-hybridized carbons (Fsp3) is 0.333. The van der Waals surface area contributed by atoms with Gasteiger partial charge in [0, 0.05) is 12.8 Å². The second-order valence-electron chi connectivity index (χ2n) is 8.54. The fourth-order valence-corrected chi connectivity index (χ4v) is 2.67. The highest BCUT2D eigenvalue weighted by Gasteiger charge is 2.28. The molecule has 3 rings (SSSR count). The largest absolute Gasteiger partial charge is 0.481 e. The normalized spacial score (nSPS) is 11.2. The molecule has 0 spiro atoms. The van der Waals surface area contributed by atoms with Crippen LogP contribution in [0.25, 0.3) is 0 Å². The zero-order valence-corrected chi connectivity index (χ0v) is 22.2. The summed E-state index contributed by atoms with van der Waals surface area (Å²) in [6, 6.07) is 11.7. The number of aliphatic hydroxyl groups is 4. The number of carbonyl (C=O) groups excluding carboxylic acids is 2. The number of cyclic esters (lactones) is 2. The fourth-order valence-electron chi connectivity index (χ4n) is 2.67. The summed E-state index contributed by atoms with van der Waals surface area (Å²) < 4.78 is 4.35. The lowest BCUT2D eigenvalue weighted by Crippen LogP contribution is -2.37. The predicted molar refractivity (Wildman–Crippen MR) is 141 cm³/mol. The van der Waals surface area contributed by atoms with Crippen LogP contribution in [-0.2, 0) is 14.3 Å². The van der Waals surface area contributed by atoms with Gasteiger partial charge in [-0.25, -0.2) is 19.2 Å². The number of unbranched alkanes of at least 4 members (excludes halogenated alkanes) is 1. The average Bonchev–Trinajstić information content (AvgIpc) is 3.26. The van der Waals surface area contributed by atoms with Crippen LogP contribution in [-0.4, -0.2) is 103 Å². The first-order valence-electron chi connectivity index (χ1n) is 12.1. The molecule has 0 aromatic heterocycles. The van der Waals surface area contributed by atoms with Crippen molar-refractivity contribution >= 4 is 35.8 Å². The summed E-state index contributed by atoms with van der Waals surface area (Å²) in [6.45, 7) is -1.62. The molecule has 230 valence electrons. The topological polar surface area (TPSA) is 273 Å². The molecule has 2 aromatic carbocycles. The van der Waals surface area contributed by atoms with Crippen molar-refractivity contribution in [2.45, 2.75) is 25.7 Å². The molecule has 8 N–H and O–H groups in total. The molecule has 0 fully saturated rings. The van der Waals surface area contributed by atoms with Crippen molar-refractivity contribution in [2.24, 2.45) is 5.41 Å². The summed E-state index contributed by atoms with van der Waals surface area (Å²) in [5.41, 5.74) is -0.431. The van der Waals surface area contributed by atoms with E-state index in [1.54, 1.807) is 24.3 Å². The maximum Gasteiger partial charge on any atom is 0.346 e. The molecule has 15 heteroatoms. The standard InChI is InChI=1S/C8H6O4.C8H4O3.C6H10O4.C5H12O4/c9-7(10)5-2-1-3-6(4-5)8(11)12;9-7-5-3-1-2-4-6(5)8(10)11-7;7-5(8)3-1-2-4-6(9)10;6-1-5(2-7,3-8)4-9/h1-4H,(H,9,10)(H,11,12);1-4H;1-4H2,(H,7,8)(H,9,10);6-9H,1-4H2. The van der Waals surface area contributed by atoms with Crippen molar-refractivity contribution in [3.63, 3.8) is 0 Å². The van der Waals surface area contributed by atoms with Gasteiger partial charge in [-0.2, -0.15) is 0 Å². The number of aliphatic hydroxyl groups excluding tert-OH is 4. The van der Waals surface area contributed by atoms with Gasteiger partial charge in [-0.05, 0) is 43.2 Å². The van der Waals surface area contributed by atoms with E-state index in [2.05, 4.69) is 4.74 Å². The van der Waals surface area contributed by atoms with Gasteiger partial charge in [0.25, 0.3) is 0 Å². The minimum Gasteiger partial charge on any atom is -0.481 e. The molecule has 15 nitrogen and oxygen atoms in total. The number of ether oxygens (including phenoxy) is 1. The molecule has 1 aliphatic rings. The zero-order valence-electron chi connectivity index (χ0n) is 22.2. The highest BCUT2D eigenvalue weighted by molar-refractivity contribution is 6.14. The lowest BCUT2D eigenvalue weighted by molar-refractivity contribution is -0.139. The molecule has 0 saturated heterocycles. The number of hydrogen-bond acceptors (Lipinski definition) is 11. The number of benzene rings is 2. The summed E-state index contributed by atoms with van der Waals surface area (Å²) in [5.74, 6) is -5.09. The quantitative estimate of drug-likeness (QED) is 0.101. The number of carbonyl (C=O) groups is 6. The molecular weight excluding hydrogens is 564 g/mol. The summed E-state index contributed by atoms with van der Waals surface area (Å²) in [6.07, 6.45) is 1.02. The first-order chi connectivity index (χ1) is 19.8. The monoisotopic (exact) mass is 596 g/mol. The SMILES string of the molecule is O=C(O)CCCCC(=O)O.O=C(O)c1cccc(C(=O)O)c1.O=C1OC(=O)c2ccccc21.OCC(CO)(CO)CO. The number of hydrogen-bond donors (Lipinski definition) is 8. The van der Waals surface area contributed by atoms with Gasteiger partial charge in [-0.3, -0.25) is 9.59 Å². The van der Waals surface area contributed by atoms with Gasteiger partial charge >= 0.3 is 35.8 Å². The molecule has 0 unspecified atom stereocenters. The Balaban J connectivity index is 0.000000537. The Labute approximate surface area is 238 Å². The number of fused-ring (bicyclic) bond motifs is 1. The molecule has 0 atom stereocenters. The molecule has 0 aliphatic carbocycles. The van der Waals surface area contributed by atoms with E-state index in [0.29, 0.717) is 24.0 Å². The Morgan fingerprint density at radius 3 is 1.21 bits per heavy atom. The molecule has 0 bridgehead atoms. The van der Waals surface area contributed by atoms with Crippen LogP contribution >= 0.6 is 0 Å². The molecule has 0 saturated carbocycles. The first-order valence-corrected chi connectivity index (χ1v) is 12.1. The minimum absolute atomic E-state index is 0.0186. The Hall–Kier alpha value is -4.70. The summed E-state index contributed by atoms with van der Waals surface area (Å²) in [4.78, 5) is 62.2. The van der Waals surface area contributed by atoms with Gasteiger partial charge < -0.3 is 45.6 Å². The summed E-state index contributed by atoms with van der Waals surface area (Å²) >= 11 is 0. The lowest BCUT2D eigenvalue weighted by Gasteiger charge is -2.23. The highest BCUT2D eigenvalue weighted by Crippen LogP contribution is 2.18. The van der Waals surface area contributed by atoms with Gasteiger partial charge in [-0.1, -0.05) is 18.2 Å². The third-order valence-electron chi connectivity index (χ3n) is 5.28. The molecule has 0 amide bonds. The highest BCUT2D eigenvalue weighted by atomic mass is 16.6. The van der Waals surface area contributed by atoms with Gasteiger partial charge in [0.2, 0.25) is 0 Å². The molecule has 42 heavy (non-hydrogen) atoms. The number of esters is 2. The van der Waals surface area contributed by atoms with Crippen molar-refractivity contribution in [3.8, 4) is 0 Å². The van der Waals surface area contributed by atoms with Crippen LogP contribution in [0, 0.1) is 5.41 Å². The van der Waals surface area contributed by atoms with Crippen LogP contribution in [0.2, 0.25) is 0 Å². The van der Waals surface area contributed by atoms with E-state index in [1.807, 2.05) is 0 Å². The second kappa shape index (κ2) is 19.4. The van der Waals surface area contributed by atoms with Gasteiger partial charge in [0.05, 0.1) is 54.1 Å². The van der Waals surface area contributed by atoms with Crippen molar-refractivity contribution in [1.82, 2.24) is 0 Å². The van der Waals surface area contributed by atoms with Crippen LogP contribution in [0.3, 0.4) is 0 Å². The van der Waals surface area contributed by atoms with Crippen LogP contribution in [0.5, 0.6) is 0 Å². The van der Waals surface area contributed by atoms with Crippen LogP contribution in [0.15, 0.2) is 48.5 Å². The summed E-state index contributed by atoms with van der Waals surface area (Å²) in [7, 11) is 0. The van der Waals surface area contributed by atoms with E-state index in [-0.39, 0.29) is 24.0 Å². The summed E-state index contributed by atoms with van der Waals surface area (Å²) in [5, 5.41) is 67.2. The van der Waals surface area contributed by atoms with E-state index in [1.165, 1.54) is 18.2 Å². The molecule has 1 heterocycles. The van der Waals surface area contributed by atoms with Crippen molar-refractivity contribution in [2.75, 3.05) is 26.4 Å². The average molecular weight is 597 g/mol. The van der Waals surface area contributed by atoms with Gasteiger partial charge in [-0.15, -0.1) is 0 Å². The van der Waals surface area contributed by atoms with Gasteiger partial charge in [0.1, 0.15) is 0 Å². The van der Waals surface area contributed by atoms with Crippen LogP contribution in [0.4, 0.5) is 0 Å². The van der Waals surface area contributed by atoms with Crippen molar-refractivity contribution in [3.05, 3.63) is 70.8 Å². The number of carboxylic acids is 4. The molecule has 2 aromatic rings. The lowest BCUT2D eigenvalue weighted by atomic mass is 9.93. The van der Waals surface area contributed by atoms with Crippen molar-refractivity contribution in [1.29, 1.82) is 0 Å². The Kier molecular flexibility index (Phi) is 17.2. The maximum atomic E-state index is 10.8. The molecule has 0 radical (unpaired) electrons. The van der Waals surface area contributed by atoms with E-state index >= 15 is 0 Å². The smallest absolute Gasteiger partial charge is 0.346 e. The predicted octanol–water partition coefficient (Wildman–Crippen LogP) is 0.738. The Morgan fingerprint density at radius 1 is 0.595 bits per heavy atom. The van der Waals surface area contributed by atoms with Gasteiger partial charge in [0.15, 0.2) is 0 Å². The van der Waals surface area contributed by atoms with E-state index in [4.69, 9.17) is 40.9 Å². The van der Waals surface area contributed by atoms with E-state index < -0.39 is 67.7 Å². The van der Waals surface area contributed by atoms with Crippen LogP contribution < -0.4 is 0 Å². The molecular formula is C27H32O15. The third-order valence-corrected chi connectivity index (χ3v) is 5.28. The Morgan fingerprint density at radius 2 is 0.952 bits per heavy atom. The number of aliphatic carboxylic acids is 2. The Bertz CT molecular complexity index is 1120. The number of rotatable bonds is 11. The van der Waals surface area contributed by atoms with E-state index in [9.17, 15) is 28.8 Å². The number of carboxylic acid groups (broad SMARTS) is 4. The third kappa shape index (κ3) is 13.6. The second-order valence-corrected chi connectivity index (χ2v) is 8.54. The minimum atomic E-state index is -1.13. The van der Waals surface area contributed by atoms with Crippen LogP contribution in [0.1, 0.15) is 67.1 Å². The zero-order chi connectivity index (χ0) is 32.3. The maximum absolute atomic E-state index is 10.8. The first kappa shape index (κ1) is 37.3.